The maximum absolute atomic E-state index is 13.0. The van der Waals surface area contributed by atoms with Crippen LogP contribution in [0.15, 0.2) is 30.3 Å². The Bertz CT molecular complexity index is 883. The van der Waals surface area contributed by atoms with E-state index in [0.717, 1.165) is 4.90 Å². The van der Waals surface area contributed by atoms with E-state index in [1.54, 1.807) is 0 Å². The molecule has 0 N–H and O–H groups in total. The molecule has 1 aliphatic heterocycles. The van der Waals surface area contributed by atoms with Crippen LogP contribution in [0.4, 0.5) is 26.3 Å². The third kappa shape index (κ3) is 4.92. The summed E-state index contributed by atoms with van der Waals surface area (Å²) in [4.78, 5) is 13.7. The van der Waals surface area contributed by atoms with Gasteiger partial charge in [0.05, 0.1) is 24.8 Å². The fraction of sp³-hybridized carbons (Fsp3) is 0.389. The van der Waals surface area contributed by atoms with Crippen LogP contribution in [0, 0.1) is 0 Å². The summed E-state index contributed by atoms with van der Waals surface area (Å²) in [5.41, 5.74) is -3.77. The number of halogens is 6. The standard InChI is InChI=1S/C18H15F6N3O3/c1-29-14-2-3-15(26-25-14)30-13-4-5-27(9-13)16(28)10-6-11(17(19,20)21)8-12(7-10)18(22,23)24/h2-3,6-8,13H,4-5,9H2,1H3. The Labute approximate surface area is 166 Å². The summed E-state index contributed by atoms with van der Waals surface area (Å²) >= 11 is 0. The maximum Gasteiger partial charge on any atom is 0.416 e. The monoisotopic (exact) mass is 435 g/mol. The Balaban J connectivity index is 1.76. The lowest BCUT2D eigenvalue weighted by Gasteiger charge is -2.19. The predicted molar refractivity (Wildman–Crippen MR) is 90.0 cm³/mol. The van der Waals surface area contributed by atoms with Crippen molar-refractivity contribution in [2.75, 3.05) is 20.2 Å². The highest BCUT2D eigenvalue weighted by molar-refractivity contribution is 5.95. The van der Waals surface area contributed by atoms with Crippen LogP contribution in [0.25, 0.3) is 0 Å². The van der Waals surface area contributed by atoms with Crippen molar-refractivity contribution in [1.82, 2.24) is 15.1 Å². The molecule has 3 rings (SSSR count). The molecule has 2 heterocycles. The van der Waals surface area contributed by atoms with Gasteiger partial charge >= 0.3 is 12.4 Å². The van der Waals surface area contributed by atoms with Crippen LogP contribution in [-0.2, 0) is 12.4 Å². The second-order valence-corrected chi connectivity index (χ2v) is 6.49. The van der Waals surface area contributed by atoms with Crippen molar-refractivity contribution < 1.29 is 40.6 Å². The van der Waals surface area contributed by atoms with E-state index in [1.807, 2.05) is 0 Å². The van der Waals surface area contributed by atoms with Gasteiger partial charge in [-0.1, -0.05) is 0 Å². The summed E-state index contributed by atoms with van der Waals surface area (Å²) < 4.78 is 88.4. The lowest BCUT2D eigenvalue weighted by molar-refractivity contribution is -0.143. The lowest BCUT2D eigenvalue weighted by atomic mass is 10.0. The summed E-state index contributed by atoms with van der Waals surface area (Å²) in [5, 5.41) is 7.48. The Morgan fingerprint density at radius 1 is 1.00 bits per heavy atom. The van der Waals surface area contributed by atoms with Gasteiger partial charge in [-0.2, -0.15) is 26.3 Å². The van der Waals surface area contributed by atoms with Crippen molar-refractivity contribution in [3.05, 3.63) is 47.0 Å². The van der Waals surface area contributed by atoms with Gasteiger partial charge in [0, 0.05) is 30.7 Å². The molecule has 0 bridgehead atoms. The van der Waals surface area contributed by atoms with Crippen molar-refractivity contribution in [3.8, 4) is 11.8 Å². The Kier molecular flexibility index (Phi) is 5.77. The normalized spacial score (nSPS) is 17.2. The van der Waals surface area contributed by atoms with Gasteiger partial charge in [0.1, 0.15) is 6.10 Å². The number of ether oxygens (including phenoxy) is 2. The van der Waals surface area contributed by atoms with Crippen LogP contribution in [0.2, 0.25) is 0 Å². The van der Waals surface area contributed by atoms with E-state index < -0.39 is 41.1 Å². The van der Waals surface area contributed by atoms with Crippen LogP contribution in [0.5, 0.6) is 11.8 Å². The molecule has 0 aliphatic carbocycles. The van der Waals surface area contributed by atoms with E-state index in [4.69, 9.17) is 9.47 Å². The molecule has 1 unspecified atom stereocenters. The first-order valence-electron chi connectivity index (χ1n) is 8.60. The van der Waals surface area contributed by atoms with E-state index in [-0.39, 0.29) is 30.9 Å². The van der Waals surface area contributed by atoms with Crippen molar-refractivity contribution >= 4 is 5.91 Å². The predicted octanol–water partition coefficient (Wildman–Crippen LogP) is 3.82. The van der Waals surface area contributed by atoms with Crippen LogP contribution in [-0.4, -0.2) is 47.3 Å². The van der Waals surface area contributed by atoms with E-state index in [1.165, 1.54) is 19.2 Å². The average molecular weight is 435 g/mol. The van der Waals surface area contributed by atoms with Crippen molar-refractivity contribution in [3.63, 3.8) is 0 Å². The van der Waals surface area contributed by atoms with Gasteiger partial charge < -0.3 is 14.4 Å². The van der Waals surface area contributed by atoms with E-state index in [2.05, 4.69) is 10.2 Å². The molecule has 1 atom stereocenters. The molecular formula is C18H15F6N3O3. The Morgan fingerprint density at radius 2 is 1.57 bits per heavy atom. The van der Waals surface area contributed by atoms with Crippen LogP contribution < -0.4 is 9.47 Å². The number of methoxy groups -OCH3 is 1. The molecule has 6 nitrogen and oxygen atoms in total. The third-order valence-corrected chi connectivity index (χ3v) is 4.38. The highest BCUT2D eigenvalue weighted by Crippen LogP contribution is 2.36. The molecule has 30 heavy (non-hydrogen) atoms. The fourth-order valence-corrected chi connectivity index (χ4v) is 2.92. The minimum atomic E-state index is -5.03. The molecule has 0 saturated carbocycles. The average Bonchev–Trinajstić information content (AvgIpc) is 3.14. The van der Waals surface area contributed by atoms with E-state index in [0.29, 0.717) is 18.6 Å². The molecule has 1 saturated heterocycles. The number of rotatable bonds is 4. The minimum absolute atomic E-state index is 0.0188. The van der Waals surface area contributed by atoms with Gasteiger partial charge in [-0.3, -0.25) is 4.79 Å². The fourth-order valence-electron chi connectivity index (χ4n) is 2.92. The molecule has 2 aromatic rings. The topological polar surface area (TPSA) is 64.6 Å². The minimum Gasteiger partial charge on any atom is -0.480 e. The summed E-state index contributed by atoms with van der Waals surface area (Å²) in [6, 6.07) is 3.80. The molecule has 1 aromatic heterocycles. The Hall–Kier alpha value is -3.05. The van der Waals surface area contributed by atoms with Gasteiger partial charge in [-0.05, 0) is 18.2 Å². The zero-order valence-electron chi connectivity index (χ0n) is 15.4. The highest BCUT2D eigenvalue weighted by Gasteiger charge is 2.38. The van der Waals surface area contributed by atoms with Crippen LogP contribution in [0.3, 0.4) is 0 Å². The van der Waals surface area contributed by atoms with Gasteiger partial charge in [0.15, 0.2) is 0 Å². The number of hydrogen-bond acceptors (Lipinski definition) is 5. The van der Waals surface area contributed by atoms with E-state index >= 15 is 0 Å². The second-order valence-electron chi connectivity index (χ2n) is 6.49. The largest absolute Gasteiger partial charge is 0.480 e. The molecule has 1 amide bonds. The smallest absolute Gasteiger partial charge is 0.416 e. The van der Waals surface area contributed by atoms with Gasteiger partial charge in [0.25, 0.3) is 5.91 Å². The Morgan fingerprint density at radius 3 is 2.07 bits per heavy atom. The van der Waals surface area contributed by atoms with Crippen LogP contribution >= 0.6 is 0 Å². The quantitative estimate of drug-likeness (QED) is 0.684. The number of alkyl halides is 6. The number of carbonyl (C=O) groups excluding carboxylic acids is 1. The first kappa shape index (κ1) is 21.7. The molecule has 12 heteroatoms. The highest BCUT2D eigenvalue weighted by atomic mass is 19.4. The van der Waals surface area contributed by atoms with Crippen molar-refractivity contribution in [2.24, 2.45) is 0 Å². The number of carbonyl (C=O) groups is 1. The molecule has 1 aliphatic rings. The first-order chi connectivity index (χ1) is 14.0. The molecule has 1 aromatic carbocycles. The summed E-state index contributed by atoms with van der Waals surface area (Å²) in [6.07, 6.45) is -10.3. The number of likely N-dealkylation sites (tertiary alicyclic amines) is 1. The van der Waals surface area contributed by atoms with Gasteiger partial charge in [0.2, 0.25) is 11.8 Å². The second kappa shape index (κ2) is 8.00. The van der Waals surface area contributed by atoms with Crippen molar-refractivity contribution in [1.29, 1.82) is 0 Å². The number of aromatic nitrogens is 2. The molecule has 162 valence electrons. The van der Waals surface area contributed by atoms with Gasteiger partial charge in [-0.15, -0.1) is 10.2 Å². The molecule has 1 fully saturated rings. The summed E-state index contributed by atoms with van der Waals surface area (Å²) in [5.74, 6) is -0.539. The molecular weight excluding hydrogens is 420 g/mol. The van der Waals surface area contributed by atoms with Gasteiger partial charge in [-0.25, -0.2) is 0 Å². The SMILES string of the molecule is COc1ccc(OC2CCN(C(=O)c3cc(C(F)(F)F)cc(C(F)(F)F)c3)C2)nn1. The van der Waals surface area contributed by atoms with Crippen molar-refractivity contribution in [2.45, 2.75) is 24.9 Å². The molecule has 0 radical (unpaired) electrons. The zero-order chi connectivity index (χ0) is 22.1. The summed E-state index contributed by atoms with van der Waals surface area (Å²) in [7, 11) is 1.41. The summed E-state index contributed by atoms with van der Waals surface area (Å²) in [6.45, 7) is 0.0782. The number of hydrogen-bond donors (Lipinski definition) is 0. The number of amides is 1. The first-order valence-corrected chi connectivity index (χ1v) is 8.60. The maximum atomic E-state index is 13.0. The number of nitrogens with zero attached hydrogens (tertiary/aromatic N) is 3. The third-order valence-electron chi connectivity index (χ3n) is 4.38. The number of benzene rings is 1. The van der Waals surface area contributed by atoms with E-state index in [9.17, 15) is 31.1 Å². The molecule has 0 spiro atoms. The zero-order valence-corrected chi connectivity index (χ0v) is 15.4. The van der Waals surface area contributed by atoms with Crippen LogP contribution in [0.1, 0.15) is 27.9 Å². The lowest BCUT2D eigenvalue weighted by Crippen LogP contribution is -2.31.